The van der Waals surface area contributed by atoms with Gasteiger partial charge in [-0.05, 0) is 24.3 Å². The fourth-order valence-electron chi connectivity index (χ4n) is 3.38. The Balaban J connectivity index is 0.000000795. The third kappa shape index (κ3) is 5.88. The van der Waals surface area contributed by atoms with E-state index in [0.29, 0.717) is 5.56 Å². The third-order valence-electron chi connectivity index (χ3n) is 5.04. The molecular weight excluding hydrogens is 468 g/mol. The zero-order chi connectivity index (χ0) is 25.9. The maximum atomic E-state index is 12.5. The Morgan fingerprint density at radius 1 is 1.00 bits per heavy atom. The maximum Gasteiger partial charge on any atom is 0.300 e. The van der Waals surface area contributed by atoms with E-state index in [4.69, 9.17) is 23.8 Å². The highest BCUT2D eigenvalue weighted by molar-refractivity contribution is 5.86. The van der Waals surface area contributed by atoms with Gasteiger partial charge >= 0.3 is 0 Å². The van der Waals surface area contributed by atoms with Crippen LogP contribution in [0.4, 0.5) is 0 Å². The summed E-state index contributed by atoms with van der Waals surface area (Å²) >= 11 is 0. The standard InChI is InChI=1S/C21H20O10.C2H4O2/c22-8-16-18(26)19(27)20(28)21(31-16)29-11-5-12(24)17-13(25)7-14(30-15(17)6-11)9-1-3-10(23)4-2-9;1-2(3)4/h1-7,16,18-24,26-28H,8H2;1H3,(H,3,4)/t16-,18+,19+,20-,21-;/m1./s1. The van der Waals surface area contributed by atoms with Crippen molar-refractivity contribution in [3.8, 4) is 28.6 Å². The molecule has 1 aromatic heterocycles. The van der Waals surface area contributed by atoms with Gasteiger partial charge in [0.05, 0.1) is 6.61 Å². The summed E-state index contributed by atoms with van der Waals surface area (Å²) in [4.78, 5) is 21.5. The number of carboxylic acids is 1. The van der Waals surface area contributed by atoms with E-state index in [-0.39, 0.29) is 28.2 Å². The zero-order valence-corrected chi connectivity index (χ0v) is 18.3. The highest BCUT2D eigenvalue weighted by atomic mass is 16.7. The molecule has 0 amide bonds. The number of carboxylic acid groups (broad SMARTS) is 1. The van der Waals surface area contributed by atoms with Gasteiger partial charge in [-0.25, -0.2) is 0 Å². The molecule has 0 bridgehead atoms. The highest BCUT2D eigenvalue weighted by Crippen LogP contribution is 2.33. The van der Waals surface area contributed by atoms with E-state index in [1.54, 1.807) is 12.1 Å². The van der Waals surface area contributed by atoms with Crippen LogP contribution in [0.15, 0.2) is 51.7 Å². The number of phenolic OH excluding ortho intramolecular Hbond substituents is 2. The van der Waals surface area contributed by atoms with Gasteiger partial charge in [0.25, 0.3) is 5.97 Å². The van der Waals surface area contributed by atoms with Gasteiger partial charge < -0.3 is 49.6 Å². The molecule has 0 radical (unpaired) electrons. The van der Waals surface area contributed by atoms with Gasteiger partial charge in [0.2, 0.25) is 6.29 Å². The number of aromatic hydroxyl groups is 2. The number of aliphatic carboxylic acids is 1. The molecule has 188 valence electrons. The molecule has 5 atom stereocenters. The van der Waals surface area contributed by atoms with Crippen molar-refractivity contribution in [1.29, 1.82) is 0 Å². The molecule has 35 heavy (non-hydrogen) atoms. The molecule has 1 fully saturated rings. The van der Waals surface area contributed by atoms with Crippen molar-refractivity contribution < 1.29 is 54.4 Å². The Morgan fingerprint density at radius 2 is 1.63 bits per heavy atom. The molecule has 1 saturated heterocycles. The number of phenols is 2. The number of carbonyl (C=O) groups is 1. The minimum atomic E-state index is -1.65. The molecule has 1 aliphatic rings. The summed E-state index contributed by atoms with van der Waals surface area (Å²) in [7, 11) is 0. The summed E-state index contributed by atoms with van der Waals surface area (Å²) in [5, 5.41) is 66.2. The number of benzene rings is 2. The summed E-state index contributed by atoms with van der Waals surface area (Å²) in [6.07, 6.45) is -7.47. The Hall–Kier alpha value is -3.68. The average molecular weight is 492 g/mol. The highest BCUT2D eigenvalue weighted by Gasteiger charge is 2.44. The molecule has 7 N–H and O–H groups in total. The van der Waals surface area contributed by atoms with E-state index >= 15 is 0 Å². The molecule has 0 unspecified atom stereocenters. The fraction of sp³-hybridized carbons (Fsp3) is 0.304. The van der Waals surface area contributed by atoms with Gasteiger partial charge in [-0.15, -0.1) is 0 Å². The number of rotatable bonds is 4. The minimum absolute atomic E-state index is 0.0184. The second kappa shape index (κ2) is 10.7. The molecule has 2 aromatic carbocycles. The lowest BCUT2D eigenvalue weighted by Crippen LogP contribution is -2.60. The predicted octanol–water partition coefficient (Wildman–Crippen LogP) is 0.141. The first-order valence-electron chi connectivity index (χ1n) is 10.3. The van der Waals surface area contributed by atoms with Crippen LogP contribution in [-0.4, -0.2) is 79.0 Å². The van der Waals surface area contributed by atoms with Crippen LogP contribution in [0, 0.1) is 0 Å². The first-order chi connectivity index (χ1) is 16.5. The number of aliphatic hydroxyl groups is 4. The molecule has 0 spiro atoms. The van der Waals surface area contributed by atoms with Crippen molar-refractivity contribution in [2.45, 2.75) is 37.6 Å². The molecule has 0 aliphatic carbocycles. The number of hydrogen-bond donors (Lipinski definition) is 7. The Kier molecular flexibility index (Phi) is 7.94. The first-order valence-corrected chi connectivity index (χ1v) is 10.3. The molecule has 2 heterocycles. The minimum Gasteiger partial charge on any atom is -0.508 e. The van der Waals surface area contributed by atoms with Crippen molar-refractivity contribution in [3.05, 3.63) is 52.7 Å². The smallest absolute Gasteiger partial charge is 0.300 e. The SMILES string of the molecule is CC(=O)O.O=c1cc(-c2ccc(O)cc2)oc2cc(O[C@@H]3O[C@H](CO)[C@H](O)[C@H](O)[C@H]3O)cc(O)c12. The molecule has 1 aliphatic heterocycles. The Morgan fingerprint density at radius 3 is 2.23 bits per heavy atom. The lowest BCUT2D eigenvalue weighted by atomic mass is 9.99. The van der Waals surface area contributed by atoms with Gasteiger partial charge in [0.1, 0.15) is 58.4 Å². The van der Waals surface area contributed by atoms with Crippen LogP contribution in [0.25, 0.3) is 22.3 Å². The summed E-state index contributed by atoms with van der Waals surface area (Å²) in [5.41, 5.74) is -0.0204. The lowest BCUT2D eigenvalue weighted by Gasteiger charge is -2.39. The molecule has 12 heteroatoms. The average Bonchev–Trinajstić information content (AvgIpc) is 2.79. The van der Waals surface area contributed by atoms with Gasteiger partial charge in [-0.1, -0.05) is 0 Å². The molecule has 0 saturated carbocycles. The van der Waals surface area contributed by atoms with Gasteiger partial charge in [-0.2, -0.15) is 0 Å². The van der Waals surface area contributed by atoms with Crippen molar-refractivity contribution in [1.82, 2.24) is 0 Å². The van der Waals surface area contributed by atoms with E-state index in [2.05, 4.69) is 0 Å². The summed E-state index contributed by atoms with van der Waals surface area (Å²) < 4.78 is 16.5. The van der Waals surface area contributed by atoms with Gasteiger partial charge in [0.15, 0.2) is 5.43 Å². The van der Waals surface area contributed by atoms with E-state index in [9.17, 15) is 35.4 Å². The van der Waals surface area contributed by atoms with Crippen LogP contribution in [0.2, 0.25) is 0 Å². The second-order valence-electron chi connectivity index (χ2n) is 7.67. The number of hydrogen-bond acceptors (Lipinski definition) is 11. The molecule has 3 aromatic rings. The van der Waals surface area contributed by atoms with E-state index in [1.165, 1.54) is 24.3 Å². The van der Waals surface area contributed by atoms with Crippen LogP contribution < -0.4 is 10.2 Å². The lowest BCUT2D eigenvalue weighted by molar-refractivity contribution is -0.277. The van der Waals surface area contributed by atoms with Crippen LogP contribution in [0.3, 0.4) is 0 Å². The van der Waals surface area contributed by atoms with Crippen molar-refractivity contribution in [2.75, 3.05) is 6.61 Å². The largest absolute Gasteiger partial charge is 0.508 e. The van der Waals surface area contributed by atoms with Gasteiger partial charge in [0, 0.05) is 30.7 Å². The molecular formula is C23H24O12. The number of fused-ring (bicyclic) bond motifs is 1. The van der Waals surface area contributed by atoms with Gasteiger partial charge in [-0.3, -0.25) is 9.59 Å². The van der Waals surface area contributed by atoms with Crippen molar-refractivity contribution in [2.24, 2.45) is 0 Å². The van der Waals surface area contributed by atoms with Crippen LogP contribution >= 0.6 is 0 Å². The van der Waals surface area contributed by atoms with E-state index in [1.807, 2.05) is 0 Å². The zero-order valence-electron chi connectivity index (χ0n) is 18.3. The predicted molar refractivity (Wildman–Crippen MR) is 119 cm³/mol. The topological polar surface area (TPSA) is 207 Å². The van der Waals surface area contributed by atoms with Crippen LogP contribution in [0.5, 0.6) is 17.2 Å². The van der Waals surface area contributed by atoms with Crippen molar-refractivity contribution >= 4 is 16.9 Å². The van der Waals surface area contributed by atoms with E-state index in [0.717, 1.165) is 13.0 Å². The van der Waals surface area contributed by atoms with E-state index < -0.39 is 54.5 Å². The fourth-order valence-corrected chi connectivity index (χ4v) is 3.38. The monoisotopic (exact) mass is 492 g/mol. The summed E-state index contributed by atoms with van der Waals surface area (Å²) in [6, 6.07) is 9.56. The quantitative estimate of drug-likeness (QED) is 0.260. The molecule has 12 nitrogen and oxygen atoms in total. The second-order valence-corrected chi connectivity index (χ2v) is 7.67. The van der Waals surface area contributed by atoms with Crippen LogP contribution in [-0.2, 0) is 9.53 Å². The Labute approximate surface area is 197 Å². The third-order valence-corrected chi connectivity index (χ3v) is 5.04. The Bertz CT molecular complexity index is 1230. The summed E-state index contributed by atoms with van der Waals surface area (Å²) in [6.45, 7) is 0.457. The normalized spacial score (nSPS) is 23.9. The maximum absolute atomic E-state index is 12.5. The number of ether oxygens (including phenoxy) is 2. The number of aliphatic hydroxyl groups excluding tert-OH is 4. The summed E-state index contributed by atoms with van der Waals surface area (Å²) in [5.74, 6) is -1.11. The van der Waals surface area contributed by atoms with Crippen molar-refractivity contribution in [3.63, 3.8) is 0 Å². The van der Waals surface area contributed by atoms with Crippen LogP contribution in [0.1, 0.15) is 6.92 Å². The molecule has 4 rings (SSSR count). The first kappa shape index (κ1) is 25.9.